The first-order chi connectivity index (χ1) is 11.4. The minimum atomic E-state index is -3.49. The quantitative estimate of drug-likeness (QED) is 0.662. The van der Waals surface area contributed by atoms with Gasteiger partial charge in [0.25, 0.3) is 0 Å². The highest BCUT2D eigenvalue weighted by Crippen LogP contribution is 2.06. The molecule has 1 N–H and O–H groups in total. The zero-order valence-corrected chi connectivity index (χ0v) is 14.7. The molecule has 0 bridgehead atoms. The second kappa shape index (κ2) is 9.07. The summed E-state index contributed by atoms with van der Waals surface area (Å²) in [7, 11) is -3.49. The zero-order valence-electron chi connectivity index (χ0n) is 13.8. The van der Waals surface area contributed by atoms with Gasteiger partial charge in [-0.1, -0.05) is 6.07 Å². The van der Waals surface area contributed by atoms with Crippen LogP contribution in [0.2, 0.25) is 0 Å². The molecule has 0 unspecified atom stereocenters. The van der Waals surface area contributed by atoms with E-state index in [0.717, 1.165) is 35.8 Å². The number of carbonyl (C=O) groups is 1. The number of hydrogen-bond acceptors (Lipinski definition) is 6. The molecule has 24 heavy (non-hydrogen) atoms. The van der Waals surface area contributed by atoms with Crippen molar-refractivity contribution >= 4 is 15.9 Å². The van der Waals surface area contributed by atoms with Gasteiger partial charge in [-0.05, 0) is 11.6 Å². The van der Waals surface area contributed by atoms with Crippen LogP contribution in [0.4, 0.5) is 0 Å². The van der Waals surface area contributed by atoms with Crippen LogP contribution in [0.25, 0.3) is 0 Å². The standard InChI is InChI=1S/C15H24N4O4S/c1-24(21,22)19(12-14-3-2-4-16-11-14)13-15(20)17-5-6-18-7-9-23-10-8-18/h2-4,11H,5-10,12-13H2,1H3,(H,17,20). The summed E-state index contributed by atoms with van der Waals surface area (Å²) in [5.74, 6) is -0.308. The van der Waals surface area contributed by atoms with Gasteiger partial charge in [-0.3, -0.25) is 14.7 Å². The first kappa shape index (κ1) is 18.8. The third kappa shape index (κ3) is 6.52. The number of nitrogens with zero attached hydrogens (tertiary/aromatic N) is 3. The molecule has 0 radical (unpaired) electrons. The summed E-state index contributed by atoms with van der Waals surface area (Å²) in [6, 6.07) is 3.51. The van der Waals surface area contributed by atoms with Crippen LogP contribution in [0.15, 0.2) is 24.5 Å². The molecule has 1 saturated heterocycles. The number of morpholine rings is 1. The van der Waals surface area contributed by atoms with Crippen molar-refractivity contribution in [3.8, 4) is 0 Å². The highest BCUT2D eigenvalue weighted by molar-refractivity contribution is 7.88. The number of rotatable bonds is 8. The summed E-state index contributed by atoms with van der Waals surface area (Å²) in [5, 5.41) is 2.78. The van der Waals surface area contributed by atoms with Gasteiger partial charge in [-0.25, -0.2) is 8.42 Å². The minimum absolute atomic E-state index is 0.129. The van der Waals surface area contributed by atoms with Crippen molar-refractivity contribution < 1.29 is 17.9 Å². The fraction of sp³-hybridized carbons (Fsp3) is 0.600. The summed E-state index contributed by atoms with van der Waals surface area (Å²) in [4.78, 5) is 18.2. The van der Waals surface area contributed by atoms with Gasteiger partial charge < -0.3 is 10.1 Å². The van der Waals surface area contributed by atoms with E-state index in [4.69, 9.17) is 4.74 Å². The molecule has 1 fully saturated rings. The van der Waals surface area contributed by atoms with Gasteiger partial charge in [0, 0.05) is 45.1 Å². The Morgan fingerprint density at radius 3 is 2.79 bits per heavy atom. The van der Waals surface area contributed by atoms with E-state index in [1.54, 1.807) is 24.5 Å². The van der Waals surface area contributed by atoms with Gasteiger partial charge in [0.15, 0.2) is 0 Å². The molecule has 1 amide bonds. The van der Waals surface area contributed by atoms with E-state index in [1.165, 1.54) is 0 Å². The second-order valence-corrected chi connectivity index (χ2v) is 7.68. The molecule has 2 heterocycles. The number of amides is 1. The van der Waals surface area contributed by atoms with Crippen LogP contribution in [-0.2, 0) is 26.1 Å². The molecule has 1 aliphatic rings. The molecule has 0 saturated carbocycles. The Balaban J connectivity index is 1.81. The van der Waals surface area contributed by atoms with E-state index in [1.807, 2.05) is 0 Å². The molecule has 1 aromatic rings. The molecule has 2 rings (SSSR count). The topological polar surface area (TPSA) is 91.8 Å². The number of hydrogen-bond donors (Lipinski definition) is 1. The summed E-state index contributed by atoms with van der Waals surface area (Å²) in [6.07, 6.45) is 4.31. The van der Waals surface area contributed by atoms with Crippen molar-refractivity contribution in [3.05, 3.63) is 30.1 Å². The Labute approximate surface area is 142 Å². The van der Waals surface area contributed by atoms with Crippen LogP contribution < -0.4 is 5.32 Å². The molecule has 0 atom stereocenters. The normalized spacial score (nSPS) is 16.2. The van der Waals surface area contributed by atoms with Crippen LogP contribution in [0.3, 0.4) is 0 Å². The molecule has 8 nitrogen and oxygen atoms in total. The third-order valence-electron chi connectivity index (χ3n) is 3.72. The Bertz CT molecular complexity index is 618. The smallest absolute Gasteiger partial charge is 0.235 e. The van der Waals surface area contributed by atoms with E-state index >= 15 is 0 Å². The molecule has 1 aromatic heterocycles. The predicted molar refractivity (Wildman–Crippen MR) is 89.8 cm³/mol. The van der Waals surface area contributed by atoms with Gasteiger partial charge in [0.05, 0.1) is 26.0 Å². The summed E-state index contributed by atoms with van der Waals surface area (Å²) in [6.45, 7) is 4.28. The molecule has 0 aromatic carbocycles. The average molecular weight is 356 g/mol. The Kier molecular flexibility index (Phi) is 7.10. The Morgan fingerprint density at radius 1 is 1.42 bits per heavy atom. The number of sulfonamides is 1. The van der Waals surface area contributed by atoms with Gasteiger partial charge in [-0.15, -0.1) is 0 Å². The summed E-state index contributed by atoms with van der Waals surface area (Å²) in [5.41, 5.74) is 0.740. The van der Waals surface area contributed by atoms with Gasteiger partial charge in [0.2, 0.25) is 15.9 Å². The van der Waals surface area contributed by atoms with E-state index in [-0.39, 0.29) is 19.0 Å². The molecule has 1 aliphatic heterocycles. The molecule has 0 aliphatic carbocycles. The van der Waals surface area contributed by atoms with Crippen molar-refractivity contribution in [3.63, 3.8) is 0 Å². The van der Waals surface area contributed by atoms with Crippen LogP contribution >= 0.6 is 0 Å². The molecular weight excluding hydrogens is 332 g/mol. The Morgan fingerprint density at radius 2 is 2.17 bits per heavy atom. The number of ether oxygens (including phenoxy) is 1. The fourth-order valence-electron chi connectivity index (χ4n) is 2.38. The zero-order chi connectivity index (χ0) is 17.4. The van der Waals surface area contributed by atoms with E-state index in [9.17, 15) is 13.2 Å². The van der Waals surface area contributed by atoms with Crippen LogP contribution in [-0.4, -0.2) is 80.7 Å². The van der Waals surface area contributed by atoms with Gasteiger partial charge in [0.1, 0.15) is 0 Å². The van der Waals surface area contributed by atoms with Crippen LogP contribution in [0, 0.1) is 0 Å². The number of carbonyl (C=O) groups excluding carboxylic acids is 1. The van der Waals surface area contributed by atoms with Gasteiger partial charge in [-0.2, -0.15) is 4.31 Å². The van der Waals surface area contributed by atoms with Crippen molar-refractivity contribution in [2.24, 2.45) is 0 Å². The lowest BCUT2D eigenvalue weighted by Crippen LogP contribution is -2.44. The average Bonchev–Trinajstić information content (AvgIpc) is 2.55. The van der Waals surface area contributed by atoms with Crippen molar-refractivity contribution in [1.82, 2.24) is 19.5 Å². The maximum absolute atomic E-state index is 12.1. The van der Waals surface area contributed by atoms with Crippen molar-refractivity contribution in [2.45, 2.75) is 6.54 Å². The SMILES string of the molecule is CS(=O)(=O)N(CC(=O)NCCN1CCOCC1)Cc1cccnc1. The maximum atomic E-state index is 12.1. The van der Waals surface area contributed by atoms with Gasteiger partial charge >= 0.3 is 0 Å². The summed E-state index contributed by atoms with van der Waals surface area (Å²) < 4.78 is 30.2. The monoisotopic (exact) mass is 356 g/mol. The first-order valence-corrected chi connectivity index (χ1v) is 9.71. The molecule has 9 heteroatoms. The van der Waals surface area contributed by atoms with E-state index in [0.29, 0.717) is 19.8 Å². The molecule has 134 valence electrons. The second-order valence-electron chi connectivity index (χ2n) is 5.70. The predicted octanol–water partition coefficient (Wildman–Crippen LogP) is -0.708. The highest BCUT2D eigenvalue weighted by atomic mass is 32.2. The lowest BCUT2D eigenvalue weighted by atomic mass is 10.3. The third-order valence-corrected chi connectivity index (χ3v) is 4.92. The largest absolute Gasteiger partial charge is 0.379 e. The molecule has 0 spiro atoms. The highest BCUT2D eigenvalue weighted by Gasteiger charge is 2.20. The summed E-state index contributed by atoms with van der Waals surface area (Å²) >= 11 is 0. The number of nitrogens with one attached hydrogen (secondary N) is 1. The number of aromatic nitrogens is 1. The maximum Gasteiger partial charge on any atom is 0.235 e. The number of pyridine rings is 1. The van der Waals surface area contributed by atoms with E-state index in [2.05, 4.69) is 15.2 Å². The van der Waals surface area contributed by atoms with Crippen LogP contribution in [0.5, 0.6) is 0 Å². The Hall–Kier alpha value is -1.55. The van der Waals surface area contributed by atoms with Crippen molar-refractivity contribution in [1.29, 1.82) is 0 Å². The lowest BCUT2D eigenvalue weighted by Gasteiger charge is -2.26. The molecular formula is C15H24N4O4S. The lowest BCUT2D eigenvalue weighted by molar-refractivity contribution is -0.121. The minimum Gasteiger partial charge on any atom is -0.379 e. The van der Waals surface area contributed by atoms with Crippen molar-refractivity contribution in [2.75, 3.05) is 52.2 Å². The van der Waals surface area contributed by atoms with Crippen LogP contribution in [0.1, 0.15) is 5.56 Å². The fourth-order valence-corrected chi connectivity index (χ4v) is 3.12. The first-order valence-electron chi connectivity index (χ1n) is 7.86. The van der Waals surface area contributed by atoms with E-state index < -0.39 is 10.0 Å².